The number of esters is 3. The van der Waals surface area contributed by atoms with Gasteiger partial charge in [-0.1, -0.05) is 6.42 Å². The topological polar surface area (TPSA) is 122 Å². The second-order valence-corrected chi connectivity index (χ2v) is 8.19. The van der Waals surface area contributed by atoms with E-state index in [-0.39, 0.29) is 51.1 Å². The molecule has 28 heavy (non-hydrogen) atoms. The predicted molar refractivity (Wildman–Crippen MR) is 99.8 cm³/mol. The Morgan fingerprint density at radius 3 is 2.25 bits per heavy atom. The number of carbonyl (C=O) groups is 4. The first-order valence-corrected chi connectivity index (χ1v) is 9.97. The van der Waals surface area contributed by atoms with Gasteiger partial charge in [-0.2, -0.15) is 0 Å². The van der Waals surface area contributed by atoms with E-state index in [0.29, 0.717) is 12.8 Å². The molecule has 1 heterocycles. The van der Waals surface area contributed by atoms with Crippen LogP contribution in [0.2, 0.25) is 0 Å². The summed E-state index contributed by atoms with van der Waals surface area (Å²) in [6, 6.07) is 0. The van der Waals surface area contributed by atoms with Crippen molar-refractivity contribution in [1.82, 2.24) is 0 Å². The first-order valence-electron chi connectivity index (χ1n) is 9.15. The molecule has 1 aromatic rings. The van der Waals surface area contributed by atoms with Gasteiger partial charge in [0.15, 0.2) is 0 Å². The number of hydrogen-bond donors (Lipinski definition) is 1. The van der Waals surface area contributed by atoms with Crippen molar-refractivity contribution in [2.24, 2.45) is 17.8 Å². The summed E-state index contributed by atoms with van der Waals surface area (Å²) in [6.07, 6.45) is 3.64. The van der Waals surface area contributed by atoms with E-state index in [2.05, 4.69) is 0 Å². The van der Waals surface area contributed by atoms with Gasteiger partial charge in [0.2, 0.25) is 0 Å². The largest absolute Gasteiger partial charge is 0.465 e. The first kappa shape index (κ1) is 20.3. The minimum Gasteiger partial charge on any atom is -0.465 e. The zero-order valence-corrected chi connectivity index (χ0v) is 16.6. The van der Waals surface area contributed by atoms with Gasteiger partial charge >= 0.3 is 17.9 Å². The lowest BCUT2D eigenvalue weighted by atomic mass is 9.67. The molecule has 2 aliphatic rings. The van der Waals surface area contributed by atoms with E-state index >= 15 is 0 Å². The number of thiophene rings is 1. The van der Waals surface area contributed by atoms with E-state index < -0.39 is 17.9 Å². The highest BCUT2D eigenvalue weighted by Gasteiger charge is 2.42. The Bertz CT molecular complexity index is 799. The molecule has 2 fully saturated rings. The number of hydrogen-bond acceptors (Lipinski definition) is 9. The fraction of sp³-hybridized carbons (Fsp3) is 0.579. The molecule has 2 N–H and O–H groups in total. The number of anilines is 1. The molecule has 0 amide bonds. The van der Waals surface area contributed by atoms with Crippen molar-refractivity contribution in [3.63, 3.8) is 0 Å². The number of nitrogens with two attached hydrogens (primary N) is 1. The summed E-state index contributed by atoms with van der Waals surface area (Å²) in [5.74, 6) is -2.05. The SMILES string of the molecule is COC(=O)c1sc(N)c(C(=O)OC)c1COC(=O)C1C[C@H]2CCC[C@H](C1)C2=O. The third kappa shape index (κ3) is 3.76. The molecule has 0 radical (unpaired) electrons. The zero-order valence-electron chi connectivity index (χ0n) is 15.8. The van der Waals surface area contributed by atoms with Crippen molar-refractivity contribution in [2.45, 2.75) is 38.7 Å². The monoisotopic (exact) mass is 409 g/mol. The summed E-state index contributed by atoms with van der Waals surface area (Å²) >= 11 is 0.885. The van der Waals surface area contributed by atoms with Crippen molar-refractivity contribution in [3.05, 3.63) is 16.0 Å². The van der Waals surface area contributed by atoms with Crippen LogP contribution >= 0.6 is 11.3 Å². The molecule has 2 atom stereocenters. The van der Waals surface area contributed by atoms with Gasteiger partial charge in [-0.15, -0.1) is 11.3 Å². The molecule has 152 valence electrons. The van der Waals surface area contributed by atoms with Crippen LogP contribution in [0, 0.1) is 17.8 Å². The second kappa shape index (κ2) is 8.30. The average Bonchev–Trinajstić information content (AvgIpc) is 3.00. The van der Waals surface area contributed by atoms with Crippen LogP contribution in [0.1, 0.15) is 57.7 Å². The summed E-state index contributed by atoms with van der Waals surface area (Å²) < 4.78 is 14.9. The van der Waals surface area contributed by atoms with Crippen LogP contribution in [0.25, 0.3) is 0 Å². The Balaban J connectivity index is 1.76. The van der Waals surface area contributed by atoms with Gasteiger partial charge in [-0.05, 0) is 25.7 Å². The van der Waals surface area contributed by atoms with Gasteiger partial charge in [0.1, 0.15) is 27.8 Å². The van der Waals surface area contributed by atoms with Crippen molar-refractivity contribution in [2.75, 3.05) is 20.0 Å². The number of fused-ring (bicyclic) bond motifs is 2. The Morgan fingerprint density at radius 1 is 1.07 bits per heavy atom. The Labute approximate surface area is 166 Å². The molecule has 9 heteroatoms. The van der Waals surface area contributed by atoms with Crippen LogP contribution in [0.5, 0.6) is 0 Å². The van der Waals surface area contributed by atoms with E-state index in [1.165, 1.54) is 14.2 Å². The standard InChI is InChI=1S/C19H23NO7S/c1-25-18(23)13-12(15(19(24)26-2)28-16(13)20)8-27-17(22)11-6-9-4-3-5-10(7-11)14(9)21/h9-11H,3-8,20H2,1-2H3/t9-,10-/m1/s1. The summed E-state index contributed by atoms with van der Waals surface area (Å²) in [5.41, 5.74) is 6.06. The summed E-state index contributed by atoms with van der Waals surface area (Å²) in [7, 11) is 2.41. The first-order chi connectivity index (χ1) is 13.4. The van der Waals surface area contributed by atoms with E-state index in [0.717, 1.165) is 30.6 Å². The lowest BCUT2D eigenvalue weighted by molar-refractivity contribution is -0.154. The van der Waals surface area contributed by atoms with Crippen LogP contribution in [0.15, 0.2) is 0 Å². The summed E-state index contributed by atoms with van der Waals surface area (Å²) in [6.45, 7) is -0.290. The number of nitrogen functional groups attached to an aromatic ring is 1. The second-order valence-electron chi connectivity index (χ2n) is 7.14. The highest BCUT2D eigenvalue weighted by atomic mass is 32.1. The smallest absolute Gasteiger partial charge is 0.348 e. The molecular formula is C19H23NO7S. The third-order valence-electron chi connectivity index (χ3n) is 5.53. The fourth-order valence-electron chi connectivity index (χ4n) is 4.14. The van der Waals surface area contributed by atoms with Gasteiger partial charge in [-0.25, -0.2) is 9.59 Å². The van der Waals surface area contributed by atoms with Gasteiger partial charge in [0.05, 0.1) is 20.1 Å². The molecule has 0 aliphatic heterocycles. The van der Waals surface area contributed by atoms with E-state index in [9.17, 15) is 19.2 Å². The quantitative estimate of drug-likeness (QED) is 0.581. The Kier molecular flexibility index (Phi) is 6.02. The Morgan fingerprint density at radius 2 is 1.68 bits per heavy atom. The van der Waals surface area contributed by atoms with Crippen LogP contribution in [0.4, 0.5) is 5.00 Å². The van der Waals surface area contributed by atoms with Crippen molar-refractivity contribution in [1.29, 1.82) is 0 Å². The number of rotatable bonds is 5. The zero-order chi connectivity index (χ0) is 20.4. The fourth-order valence-corrected chi connectivity index (χ4v) is 5.12. The van der Waals surface area contributed by atoms with Crippen LogP contribution in [-0.4, -0.2) is 37.9 Å². The molecular weight excluding hydrogens is 386 g/mol. The lowest BCUT2D eigenvalue weighted by Gasteiger charge is -2.36. The number of ether oxygens (including phenoxy) is 3. The van der Waals surface area contributed by atoms with Crippen molar-refractivity contribution >= 4 is 40.0 Å². The number of Topliss-reactive ketones (excluding diaryl/α,β-unsaturated/α-hetero) is 1. The molecule has 2 bridgehead atoms. The molecule has 2 saturated carbocycles. The molecule has 2 aliphatic carbocycles. The van der Waals surface area contributed by atoms with Crippen LogP contribution < -0.4 is 5.73 Å². The molecule has 0 spiro atoms. The number of carbonyl (C=O) groups excluding carboxylic acids is 4. The molecule has 3 rings (SSSR count). The summed E-state index contributed by atoms with van der Waals surface area (Å²) in [5, 5.41) is 0.0936. The maximum absolute atomic E-state index is 12.6. The van der Waals surface area contributed by atoms with Crippen LogP contribution in [-0.2, 0) is 30.4 Å². The minimum atomic E-state index is -0.715. The van der Waals surface area contributed by atoms with Crippen molar-refractivity contribution in [3.8, 4) is 0 Å². The average molecular weight is 409 g/mol. The maximum Gasteiger partial charge on any atom is 0.348 e. The van der Waals surface area contributed by atoms with Crippen LogP contribution in [0.3, 0.4) is 0 Å². The highest BCUT2D eigenvalue weighted by molar-refractivity contribution is 7.18. The predicted octanol–water partition coefficient (Wildman–Crippen LogP) is 2.34. The van der Waals surface area contributed by atoms with Crippen molar-refractivity contribution < 1.29 is 33.4 Å². The maximum atomic E-state index is 12.6. The lowest BCUT2D eigenvalue weighted by Crippen LogP contribution is -2.39. The number of methoxy groups -OCH3 is 2. The molecule has 0 saturated heterocycles. The van der Waals surface area contributed by atoms with E-state index in [1.807, 2.05) is 0 Å². The van der Waals surface area contributed by atoms with Gasteiger partial charge in [0.25, 0.3) is 0 Å². The Hall–Kier alpha value is -2.42. The number of ketones is 1. The molecule has 8 nitrogen and oxygen atoms in total. The van der Waals surface area contributed by atoms with E-state index in [4.69, 9.17) is 19.9 Å². The normalized spacial score (nSPS) is 23.8. The molecule has 1 aromatic heterocycles. The van der Waals surface area contributed by atoms with Gasteiger partial charge < -0.3 is 19.9 Å². The third-order valence-corrected chi connectivity index (χ3v) is 6.58. The summed E-state index contributed by atoms with van der Waals surface area (Å²) in [4.78, 5) is 49.0. The molecule has 0 aromatic carbocycles. The highest BCUT2D eigenvalue weighted by Crippen LogP contribution is 2.41. The van der Waals surface area contributed by atoms with Gasteiger partial charge in [0, 0.05) is 17.4 Å². The van der Waals surface area contributed by atoms with Gasteiger partial charge in [-0.3, -0.25) is 9.59 Å². The van der Waals surface area contributed by atoms with E-state index in [1.54, 1.807) is 0 Å². The molecule has 0 unspecified atom stereocenters. The minimum absolute atomic E-state index is 0.0105.